The van der Waals surface area contributed by atoms with Gasteiger partial charge in [0.25, 0.3) is 0 Å². The van der Waals surface area contributed by atoms with Crippen molar-refractivity contribution in [3.8, 4) is 11.5 Å². The molecule has 0 fully saturated rings. The molecule has 0 spiro atoms. The minimum atomic E-state index is -0.208. The fraction of sp³-hybridized carbons (Fsp3) is 0.312. The molecule has 0 radical (unpaired) electrons. The van der Waals surface area contributed by atoms with Gasteiger partial charge in [-0.1, -0.05) is 11.6 Å². The number of benzene rings is 1. The third-order valence-electron chi connectivity index (χ3n) is 3.26. The summed E-state index contributed by atoms with van der Waals surface area (Å²) in [5.74, 6) is 1.57. The predicted octanol–water partition coefficient (Wildman–Crippen LogP) is 3.24. The van der Waals surface area contributed by atoms with Crippen molar-refractivity contribution in [1.82, 2.24) is 5.32 Å². The number of methoxy groups -OCH3 is 2. The number of nitrogens with one attached hydrogen (secondary N) is 2. The van der Waals surface area contributed by atoms with Crippen LogP contribution >= 0.6 is 11.6 Å². The fourth-order valence-corrected chi connectivity index (χ4v) is 2.29. The highest BCUT2D eigenvalue weighted by molar-refractivity contribution is 6.33. The Kier molecular flexibility index (Phi) is 5.76. The molecule has 0 aliphatic heterocycles. The van der Waals surface area contributed by atoms with Gasteiger partial charge in [0.05, 0.1) is 43.8 Å². The summed E-state index contributed by atoms with van der Waals surface area (Å²) < 4.78 is 15.6. The summed E-state index contributed by atoms with van der Waals surface area (Å²) >= 11 is 6.16. The van der Waals surface area contributed by atoms with Crippen molar-refractivity contribution < 1.29 is 18.7 Å². The number of carbonyl (C=O) groups excluding carboxylic acids is 1. The lowest BCUT2D eigenvalue weighted by molar-refractivity contribution is -0.120. The van der Waals surface area contributed by atoms with Crippen LogP contribution in [0, 0.1) is 0 Å². The predicted molar refractivity (Wildman–Crippen MR) is 88.3 cm³/mol. The van der Waals surface area contributed by atoms with Gasteiger partial charge >= 0.3 is 0 Å². The lowest BCUT2D eigenvalue weighted by atomic mass is 10.2. The number of hydrogen-bond donors (Lipinski definition) is 2. The van der Waals surface area contributed by atoms with E-state index in [2.05, 4.69) is 10.6 Å². The lowest BCUT2D eigenvalue weighted by Gasteiger charge is -2.15. The van der Waals surface area contributed by atoms with E-state index in [4.69, 9.17) is 25.5 Å². The molecule has 0 bridgehead atoms. The van der Waals surface area contributed by atoms with Gasteiger partial charge in [-0.3, -0.25) is 4.79 Å². The molecule has 2 rings (SSSR count). The summed E-state index contributed by atoms with van der Waals surface area (Å²) in [6, 6.07) is 6.69. The van der Waals surface area contributed by atoms with Crippen LogP contribution < -0.4 is 20.1 Å². The van der Waals surface area contributed by atoms with Crippen LogP contribution in [0.3, 0.4) is 0 Å². The second-order valence-electron chi connectivity index (χ2n) is 4.85. The van der Waals surface area contributed by atoms with E-state index in [-0.39, 0.29) is 18.5 Å². The van der Waals surface area contributed by atoms with Crippen LogP contribution in [0.15, 0.2) is 34.9 Å². The number of carbonyl (C=O) groups is 1. The number of amides is 1. The number of halogens is 1. The van der Waals surface area contributed by atoms with E-state index in [0.29, 0.717) is 28.0 Å². The average Bonchev–Trinajstić information content (AvgIpc) is 3.07. The van der Waals surface area contributed by atoms with E-state index < -0.39 is 0 Å². The Morgan fingerprint density at radius 3 is 2.61 bits per heavy atom. The van der Waals surface area contributed by atoms with Crippen LogP contribution in [0.2, 0.25) is 5.02 Å². The monoisotopic (exact) mass is 338 g/mol. The van der Waals surface area contributed by atoms with Gasteiger partial charge < -0.3 is 24.5 Å². The van der Waals surface area contributed by atoms with Gasteiger partial charge in [0.1, 0.15) is 5.76 Å². The zero-order chi connectivity index (χ0) is 16.8. The summed E-state index contributed by atoms with van der Waals surface area (Å²) in [4.78, 5) is 12.0. The van der Waals surface area contributed by atoms with Crippen molar-refractivity contribution in [3.63, 3.8) is 0 Å². The standard InChI is InChI=1S/C16H19ClN2O4/c1-10(13-5-4-6-23-13)19-16(20)9-18-12-8-15(22-3)14(21-2)7-11(12)17/h4-8,10,18H,9H2,1-3H3,(H,19,20)/t10-/m0/s1. The molecule has 0 aliphatic rings. The van der Waals surface area contributed by atoms with Crippen molar-refractivity contribution >= 4 is 23.2 Å². The highest BCUT2D eigenvalue weighted by Gasteiger charge is 2.13. The number of rotatable bonds is 7. The molecule has 23 heavy (non-hydrogen) atoms. The van der Waals surface area contributed by atoms with Crippen LogP contribution in [-0.4, -0.2) is 26.7 Å². The molecule has 1 aromatic carbocycles. The van der Waals surface area contributed by atoms with E-state index >= 15 is 0 Å². The summed E-state index contributed by atoms with van der Waals surface area (Å²) in [7, 11) is 3.07. The third kappa shape index (κ3) is 4.32. The molecule has 2 aromatic rings. The highest BCUT2D eigenvalue weighted by atomic mass is 35.5. The van der Waals surface area contributed by atoms with E-state index in [1.807, 2.05) is 13.0 Å². The van der Waals surface area contributed by atoms with Crippen LogP contribution in [0.4, 0.5) is 5.69 Å². The van der Waals surface area contributed by atoms with Crippen molar-refractivity contribution in [2.75, 3.05) is 26.1 Å². The van der Waals surface area contributed by atoms with Crippen molar-refractivity contribution in [3.05, 3.63) is 41.3 Å². The SMILES string of the molecule is COc1cc(Cl)c(NCC(=O)N[C@@H](C)c2ccco2)cc1OC. The molecule has 1 heterocycles. The van der Waals surface area contributed by atoms with E-state index in [9.17, 15) is 4.79 Å². The zero-order valence-corrected chi connectivity index (χ0v) is 13.9. The Hall–Kier alpha value is -2.34. The Labute approximate surface area is 139 Å². The van der Waals surface area contributed by atoms with Crippen LogP contribution in [-0.2, 0) is 4.79 Å². The topological polar surface area (TPSA) is 72.7 Å². The molecular formula is C16H19ClN2O4. The van der Waals surface area contributed by atoms with Gasteiger partial charge in [0.2, 0.25) is 5.91 Å². The highest BCUT2D eigenvalue weighted by Crippen LogP contribution is 2.35. The smallest absolute Gasteiger partial charge is 0.239 e. The molecule has 1 amide bonds. The summed E-state index contributed by atoms with van der Waals surface area (Å²) in [6.07, 6.45) is 1.57. The van der Waals surface area contributed by atoms with E-state index in [0.717, 1.165) is 0 Å². The molecule has 1 atom stereocenters. The molecule has 0 aliphatic carbocycles. The fourth-order valence-electron chi connectivity index (χ4n) is 2.07. The van der Waals surface area contributed by atoms with E-state index in [1.54, 1.807) is 24.5 Å². The molecule has 124 valence electrons. The van der Waals surface area contributed by atoms with Gasteiger partial charge in [-0.05, 0) is 19.1 Å². The Morgan fingerprint density at radius 1 is 1.30 bits per heavy atom. The molecule has 2 N–H and O–H groups in total. The lowest BCUT2D eigenvalue weighted by Crippen LogP contribution is -2.31. The maximum absolute atomic E-state index is 12.0. The average molecular weight is 339 g/mol. The Morgan fingerprint density at radius 2 is 2.00 bits per heavy atom. The van der Waals surface area contributed by atoms with Gasteiger partial charge in [0.15, 0.2) is 11.5 Å². The first kappa shape index (κ1) is 17.0. The van der Waals surface area contributed by atoms with Crippen LogP contribution in [0.1, 0.15) is 18.7 Å². The minimum Gasteiger partial charge on any atom is -0.493 e. The first-order chi connectivity index (χ1) is 11.0. The van der Waals surface area contributed by atoms with E-state index in [1.165, 1.54) is 14.2 Å². The third-order valence-corrected chi connectivity index (χ3v) is 3.57. The number of anilines is 1. The number of ether oxygens (including phenoxy) is 2. The normalized spacial score (nSPS) is 11.7. The van der Waals surface area contributed by atoms with Gasteiger partial charge in [-0.2, -0.15) is 0 Å². The molecule has 6 nitrogen and oxygen atoms in total. The molecule has 0 unspecified atom stereocenters. The quantitative estimate of drug-likeness (QED) is 0.810. The second-order valence-corrected chi connectivity index (χ2v) is 5.25. The Balaban J connectivity index is 1.96. The second kappa shape index (κ2) is 7.78. The maximum Gasteiger partial charge on any atom is 0.239 e. The minimum absolute atomic E-state index is 0.0697. The first-order valence-corrected chi connectivity index (χ1v) is 7.41. The maximum atomic E-state index is 12.0. The molecule has 0 saturated heterocycles. The summed E-state index contributed by atoms with van der Waals surface area (Å²) in [5.41, 5.74) is 0.588. The van der Waals surface area contributed by atoms with Crippen molar-refractivity contribution in [1.29, 1.82) is 0 Å². The van der Waals surface area contributed by atoms with Crippen LogP contribution in [0.25, 0.3) is 0 Å². The number of furan rings is 1. The number of hydrogen-bond acceptors (Lipinski definition) is 5. The van der Waals surface area contributed by atoms with Crippen LogP contribution in [0.5, 0.6) is 11.5 Å². The van der Waals surface area contributed by atoms with Crippen molar-refractivity contribution in [2.45, 2.75) is 13.0 Å². The van der Waals surface area contributed by atoms with Crippen molar-refractivity contribution in [2.24, 2.45) is 0 Å². The van der Waals surface area contributed by atoms with Gasteiger partial charge in [-0.25, -0.2) is 0 Å². The molecular weight excluding hydrogens is 320 g/mol. The first-order valence-electron chi connectivity index (χ1n) is 7.03. The molecule has 7 heteroatoms. The zero-order valence-electron chi connectivity index (χ0n) is 13.2. The summed E-state index contributed by atoms with van der Waals surface area (Å²) in [6.45, 7) is 1.92. The van der Waals surface area contributed by atoms with Gasteiger partial charge in [0, 0.05) is 12.1 Å². The Bertz CT molecular complexity index is 658. The van der Waals surface area contributed by atoms with Gasteiger partial charge in [-0.15, -0.1) is 0 Å². The summed E-state index contributed by atoms with van der Waals surface area (Å²) in [5, 5.41) is 6.25. The molecule has 1 aromatic heterocycles. The largest absolute Gasteiger partial charge is 0.493 e. The molecule has 0 saturated carbocycles.